The highest BCUT2D eigenvalue weighted by Gasteiger charge is 2.27. The molecule has 8 heteroatoms. The zero-order chi connectivity index (χ0) is 19.3. The lowest BCUT2D eigenvalue weighted by atomic mass is 9.94. The van der Waals surface area contributed by atoms with Gasteiger partial charge in [0, 0.05) is 17.7 Å². The maximum absolute atomic E-state index is 9.70. The Labute approximate surface area is 151 Å². The molecule has 0 atom stereocenters. The summed E-state index contributed by atoms with van der Waals surface area (Å²) in [6.45, 7) is 2.04. The van der Waals surface area contributed by atoms with Crippen molar-refractivity contribution in [2.24, 2.45) is 0 Å². The minimum absolute atomic E-state index is 0.0340. The summed E-state index contributed by atoms with van der Waals surface area (Å²) < 4.78 is 21.6. The second-order valence-corrected chi connectivity index (χ2v) is 4.99. The minimum atomic E-state index is -0.0510. The number of methoxy groups -OCH3 is 3. The number of benzene rings is 1. The third-order valence-corrected chi connectivity index (χ3v) is 3.66. The van der Waals surface area contributed by atoms with Gasteiger partial charge in [0.2, 0.25) is 5.88 Å². The molecule has 1 aromatic heterocycles. The number of hydrogen-bond acceptors (Lipinski definition) is 8. The number of nitrogens with two attached hydrogens (primary N) is 1. The van der Waals surface area contributed by atoms with Crippen LogP contribution in [0.2, 0.25) is 0 Å². The van der Waals surface area contributed by atoms with Gasteiger partial charge < -0.3 is 24.7 Å². The van der Waals surface area contributed by atoms with Gasteiger partial charge in [-0.2, -0.15) is 15.5 Å². The molecule has 0 aliphatic heterocycles. The molecule has 2 rings (SSSR count). The lowest BCUT2D eigenvalue weighted by Crippen LogP contribution is -2.07. The molecule has 0 radical (unpaired) electrons. The van der Waals surface area contributed by atoms with E-state index in [4.69, 9.17) is 24.7 Å². The molecule has 0 saturated heterocycles. The van der Waals surface area contributed by atoms with Gasteiger partial charge in [0.15, 0.2) is 0 Å². The van der Waals surface area contributed by atoms with Crippen molar-refractivity contribution in [3.05, 3.63) is 23.3 Å². The third kappa shape index (κ3) is 3.13. The van der Waals surface area contributed by atoms with Crippen molar-refractivity contribution in [2.75, 3.05) is 33.7 Å². The Morgan fingerprint density at radius 2 is 1.54 bits per heavy atom. The van der Waals surface area contributed by atoms with Crippen molar-refractivity contribution >= 4 is 5.82 Å². The number of hydrogen-bond donors (Lipinski definition) is 1. The lowest BCUT2D eigenvalue weighted by Gasteiger charge is -2.18. The summed E-state index contributed by atoms with van der Waals surface area (Å²) in [5, 5.41) is 19.3. The fraction of sp³-hybridized carbons (Fsp3) is 0.278. The molecule has 1 aromatic carbocycles. The fourth-order valence-corrected chi connectivity index (χ4v) is 2.54. The van der Waals surface area contributed by atoms with E-state index in [9.17, 15) is 10.5 Å². The molecule has 134 valence electrons. The average Bonchev–Trinajstić information content (AvgIpc) is 2.66. The van der Waals surface area contributed by atoms with Crippen LogP contribution in [0.5, 0.6) is 23.1 Å². The molecule has 0 bridgehead atoms. The van der Waals surface area contributed by atoms with Crippen molar-refractivity contribution in [3.8, 4) is 46.4 Å². The van der Waals surface area contributed by atoms with Crippen LogP contribution in [-0.2, 0) is 0 Å². The molecule has 0 aliphatic rings. The third-order valence-electron chi connectivity index (χ3n) is 3.66. The first-order chi connectivity index (χ1) is 12.6. The van der Waals surface area contributed by atoms with Crippen LogP contribution < -0.4 is 24.7 Å². The summed E-state index contributed by atoms with van der Waals surface area (Å²) in [6, 6.07) is 7.29. The topological polar surface area (TPSA) is 123 Å². The zero-order valence-electron chi connectivity index (χ0n) is 14.9. The molecule has 0 aliphatic carbocycles. The van der Waals surface area contributed by atoms with E-state index in [0.717, 1.165) is 0 Å². The van der Waals surface area contributed by atoms with Crippen molar-refractivity contribution < 1.29 is 18.9 Å². The van der Waals surface area contributed by atoms with Crippen LogP contribution >= 0.6 is 0 Å². The Hall–Kier alpha value is -3.65. The largest absolute Gasteiger partial charge is 0.496 e. The second-order valence-electron chi connectivity index (χ2n) is 4.99. The molecule has 0 amide bonds. The Morgan fingerprint density at radius 1 is 0.962 bits per heavy atom. The van der Waals surface area contributed by atoms with Crippen molar-refractivity contribution in [2.45, 2.75) is 6.92 Å². The average molecular weight is 354 g/mol. The van der Waals surface area contributed by atoms with E-state index in [1.165, 1.54) is 21.3 Å². The highest BCUT2D eigenvalue weighted by atomic mass is 16.5. The van der Waals surface area contributed by atoms with E-state index in [1.54, 1.807) is 19.1 Å². The van der Waals surface area contributed by atoms with Gasteiger partial charge in [-0.15, -0.1) is 0 Å². The highest BCUT2D eigenvalue weighted by molar-refractivity contribution is 5.89. The zero-order valence-corrected chi connectivity index (χ0v) is 14.9. The molecule has 26 heavy (non-hydrogen) atoms. The molecule has 0 fully saturated rings. The lowest BCUT2D eigenvalue weighted by molar-refractivity contribution is 0.326. The number of nitriles is 2. The molecule has 2 N–H and O–H groups in total. The predicted octanol–water partition coefficient (Wildman–Crippen LogP) is 2.50. The van der Waals surface area contributed by atoms with Gasteiger partial charge in [-0.25, -0.2) is 0 Å². The van der Waals surface area contributed by atoms with E-state index in [-0.39, 0.29) is 35.0 Å². The van der Waals surface area contributed by atoms with Gasteiger partial charge in [-0.3, -0.25) is 0 Å². The number of aromatic nitrogens is 1. The monoisotopic (exact) mass is 354 g/mol. The van der Waals surface area contributed by atoms with Gasteiger partial charge in [0.05, 0.1) is 33.5 Å². The van der Waals surface area contributed by atoms with Gasteiger partial charge in [0.1, 0.15) is 46.3 Å². The van der Waals surface area contributed by atoms with Crippen molar-refractivity contribution in [1.82, 2.24) is 4.98 Å². The summed E-state index contributed by atoms with van der Waals surface area (Å²) in [7, 11) is 4.43. The standard InChI is InChI=1S/C18H18N4O4/c1-5-26-18-12(9-20)15(11(8-19)17(21)22-18)16-13(24-3)6-10(23-2)7-14(16)25-4/h6-7H,5H2,1-4H3,(H2,21,22). The minimum Gasteiger partial charge on any atom is -0.496 e. The predicted molar refractivity (Wildman–Crippen MR) is 94.3 cm³/mol. The van der Waals surface area contributed by atoms with Crippen LogP contribution in [0.25, 0.3) is 11.1 Å². The Bertz CT molecular complexity index is 888. The molecule has 0 saturated carbocycles. The first-order valence-corrected chi connectivity index (χ1v) is 7.62. The first kappa shape index (κ1) is 18.7. The van der Waals surface area contributed by atoms with Crippen molar-refractivity contribution in [1.29, 1.82) is 10.5 Å². The SMILES string of the molecule is CCOc1nc(N)c(C#N)c(-c2c(OC)cc(OC)cc2OC)c1C#N. The van der Waals surface area contributed by atoms with E-state index >= 15 is 0 Å². The quantitative estimate of drug-likeness (QED) is 0.839. The molecular weight excluding hydrogens is 336 g/mol. The van der Waals surface area contributed by atoms with Crippen LogP contribution in [0.1, 0.15) is 18.1 Å². The second kappa shape index (κ2) is 7.95. The van der Waals surface area contributed by atoms with Gasteiger partial charge in [0.25, 0.3) is 0 Å². The summed E-state index contributed by atoms with van der Waals surface area (Å²) in [5.41, 5.74) is 6.66. The van der Waals surface area contributed by atoms with Crippen LogP contribution in [0.4, 0.5) is 5.82 Å². The van der Waals surface area contributed by atoms with E-state index in [1.807, 2.05) is 12.1 Å². The molecular formula is C18H18N4O4. The number of nitrogens with zero attached hydrogens (tertiary/aromatic N) is 3. The highest BCUT2D eigenvalue weighted by Crippen LogP contribution is 2.46. The molecule has 8 nitrogen and oxygen atoms in total. The summed E-state index contributed by atoms with van der Waals surface area (Å²) in [5.74, 6) is 1.18. The fourth-order valence-electron chi connectivity index (χ4n) is 2.54. The van der Waals surface area contributed by atoms with Crippen LogP contribution in [0.3, 0.4) is 0 Å². The number of pyridine rings is 1. The number of nitrogen functional groups attached to an aromatic ring is 1. The Balaban J connectivity index is 3.01. The van der Waals surface area contributed by atoms with E-state index < -0.39 is 0 Å². The van der Waals surface area contributed by atoms with Gasteiger partial charge in [-0.1, -0.05) is 0 Å². The Kier molecular flexibility index (Phi) is 5.71. The summed E-state index contributed by atoms with van der Waals surface area (Å²) in [4.78, 5) is 4.04. The Morgan fingerprint density at radius 3 is 1.96 bits per heavy atom. The van der Waals surface area contributed by atoms with E-state index in [0.29, 0.717) is 22.8 Å². The molecule has 1 heterocycles. The van der Waals surface area contributed by atoms with Gasteiger partial charge in [-0.05, 0) is 6.92 Å². The maximum Gasteiger partial charge on any atom is 0.234 e. The van der Waals surface area contributed by atoms with Crippen LogP contribution in [-0.4, -0.2) is 32.9 Å². The maximum atomic E-state index is 9.70. The normalized spacial score (nSPS) is 9.77. The van der Waals surface area contributed by atoms with Crippen molar-refractivity contribution in [3.63, 3.8) is 0 Å². The summed E-state index contributed by atoms with van der Waals surface area (Å²) >= 11 is 0. The number of anilines is 1. The first-order valence-electron chi connectivity index (χ1n) is 7.62. The number of ether oxygens (including phenoxy) is 4. The smallest absolute Gasteiger partial charge is 0.234 e. The molecule has 0 unspecified atom stereocenters. The van der Waals surface area contributed by atoms with Crippen LogP contribution in [0, 0.1) is 22.7 Å². The molecule has 2 aromatic rings. The summed E-state index contributed by atoms with van der Waals surface area (Å²) in [6.07, 6.45) is 0. The van der Waals surface area contributed by atoms with E-state index in [2.05, 4.69) is 4.98 Å². The number of rotatable bonds is 6. The van der Waals surface area contributed by atoms with Crippen LogP contribution in [0.15, 0.2) is 12.1 Å². The molecule has 0 spiro atoms. The van der Waals surface area contributed by atoms with Gasteiger partial charge >= 0.3 is 0 Å².